The molecule has 5 nitrogen and oxygen atoms in total. The maximum absolute atomic E-state index is 12.0. The van der Waals surface area contributed by atoms with Crippen molar-refractivity contribution in [2.45, 2.75) is 26.3 Å². The topological polar surface area (TPSA) is 72.5 Å². The molecule has 1 aromatic rings. The molecule has 0 heterocycles. The van der Waals surface area contributed by atoms with Gasteiger partial charge in [-0.15, -0.1) is 0 Å². The van der Waals surface area contributed by atoms with Gasteiger partial charge in [-0.3, -0.25) is 4.79 Å². The maximum Gasteiger partial charge on any atom is 0.323 e. The Morgan fingerprint density at radius 2 is 1.90 bits per heavy atom. The Labute approximate surface area is 126 Å². The molecule has 1 unspecified atom stereocenters. The highest BCUT2D eigenvalue weighted by Gasteiger charge is 2.24. The van der Waals surface area contributed by atoms with Gasteiger partial charge in [0.2, 0.25) is 10.0 Å². The molecule has 0 saturated carbocycles. The van der Waals surface area contributed by atoms with Crippen molar-refractivity contribution in [1.29, 1.82) is 0 Å². The lowest BCUT2D eigenvalue weighted by Crippen LogP contribution is -2.41. The molecule has 0 aliphatic carbocycles. The van der Waals surface area contributed by atoms with Gasteiger partial charge in [0.25, 0.3) is 0 Å². The quantitative estimate of drug-likeness (QED) is 0.783. The number of ether oxygens (including phenoxy) is 1. The number of benzene rings is 1. The van der Waals surface area contributed by atoms with E-state index in [9.17, 15) is 13.2 Å². The molecule has 0 aliphatic rings. The molecule has 0 fully saturated rings. The molecule has 0 radical (unpaired) electrons. The van der Waals surface area contributed by atoms with Crippen molar-refractivity contribution in [3.05, 3.63) is 41.3 Å². The Morgan fingerprint density at radius 1 is 1.29 bits per heavy atom. The zero-order valence-electron chi connectivity index (χ0n) is 12.4. The molecule has 21 heavy (non-hydrogen) atoms. The van der Waals surface area contributed by atoms with Crippen LogP contribution in [0.5, 0.6) is 0 Å². The summed E-state index contributed by atoms with van der Waals surface area (Å²) in [5.74, 6) is -0.421. The molecule has 1 N–H and O–H groups in total. The Balaban J connectivity index is 2.81. The van der Waals surface area contributed by atoms with E-state index in [1.807, 2.05) is 32.0 Å². The number of carbonyl (C=O) groups excluding carboxylic acids is 1. The van der Waals surface area contributed by atoms with Gasteiger partial charge in [0, 0.05) is 5.41 Å². The summed E-state index contributed by atoms with van der Waals surface area (Å²) in [6.07, 6.45) is 1.86. The van der Waals surface area contributed by atoms with E-state index in [1.54, 1.807) is 12.1 Å². The van der Waals surface area contributed by atoms with Crippen LogP contribution < -0.4 is 4.72 Å². The zero-order chi connectivity index (χ0) is 15.9. The Kier molecular flexibility index (Phi) is 6.58. The second kappa shape index (κ2) is 7.95. The second-order valence-electron chi connectivity index (χ2n) is 5.08. The normalized spacial score (nSPS) is 13.5. The van der Waals surface area contributed by atoms with Gasteiger partial charge < -0.3 is 4.74 Å². The van der Waals surface area contributed by atoms with Crippen molar-refractivity contribution < 1.29 is 17.9 Å². The standard InChI is InChI=1S/C15H21NO4S/c1-12(2)11-14(15(17)20-3)16-21(18,19)10-9-13-7-5-4-6-8-13/h4-10,12,14,16H,11H2,1-3H3/b10-9+. The van der Waals surface area contributed by atoms with Crippen molar-refractivity contribution in [2.24, 2.45) is 5.92 Å². The Morgan fingerprint density at radius 3 is 2.43 bits per heavy atom. The Hall–Kier alpha value is -1.66. The van der Waals surface area contributed by atoms with Gasteiger partial charge in [-0.1, -0.05) is 44.2 Å². The third-order valence-electron chi connectivity index (χ3n) is 2.74. The van der Waals surface area contributed by atoms with E-state index < -0.39 is 22.0 Å². The first-order chi connectivity index (χ1) is 9.84. The largest absolute Gasteiger partial charge is 0.468 e. The van der Waals surface area contributed by atoms with Crippen molar-refractivity contribution in [2.75, 3.05) is 7.11 Å². The number of rotatable bonds is 7. The average Bonchev–Trinajstić information content (AvgIpc) is 2.44. The first kappa shape index (κ1) is 17.4. The highest BCUT2D eigenvalue weighted by atomic mass is 32.2. The minimum atomic E-state index is -3.71. The number of hydrogen-bond donors (Lipinski definition) is 1. The predicted octanol–water partition coefficient (Wildman–Crippen LogP) is 2.16. The summed E-state index contributed by atoms with van der Waals surface area (Å²) in [5.41, 5.74) is 0.765. The monoisotopic (exact) mass is 311 g/mol. The van der Waals surface area contributed by atoms with Crippen molar-refractivity contribution in [3.63, 3.8) is 0 Å². The van der Waals surface area contributed by atoms with E-state index in [1.165, 1.54) is 13.2 Å². The van der Waals surface area contributed by atoms with Crippen LogP contribution in [0.4, 0.5) is 0 Å². The molecular formula is C15H21NO4S. The van der Waals surface area contributed by atoms with Crippen LogP contribution in [0.25, 0.3) is 6.08 Å². The summed E-state index contributed by atoms with van der Waals surface area (Å²) in [5, 5.41) is 1.05. The number of carbonyl (C=O) groups is 1. The highest BCUT2D eigenvalue weighted by Crippen LogP contribution is 2.09. The molecule has 0 saturated heterocycles. The summed E-state index contributed by atoms with van der Waals surface area (Å²) < 4.78 is 31.0. The number of methoxy groups -OCH3 is 1. The lowest BCUT2D eigenvalue weighted by atomic mass is 10.1. The van der Waals surface area contributed by atoms with Crippen molar-refractivity contribution >= 4 is 22.1 Å². The lowest BCUT2D eigenvalue weighted by molar-refractivity contribution is -0.143. The maximum atomic E-state index is 12.0. The molecule has 0 aromatic heterocycles. The van der Waals surface area contributed by atoms with Gasteiger partial charge in [0.1, 0.15) is 6.04 Å². The van der Waals surface area contributed by atoms with Gasteiger partial charge in [-0.2, -0.15) is 4.72 Å². The molecule has 0 bridgehead atoms. The van der Waals surface area contributed by atoms with Gasteiger partial charge in [0.05, 0.1) is 7.11 Å². The van der Waals surface area contributed by atoms with Crippen LogP contribution >= 0.6 is 0 Å². The van der Waals surface area contributed by atoms with E-state index in [-0.39, 0.29) is 5.92 Å². The number of sulfonamides is 1. The molecule has 0 amide bonds. The van der Waals surface area contributed by atoms with Crippen LogP contribution in [0.15, 0.2) is 35.7 Å². The molecule has 0 spiro atoms. The second-order valence-corrected chi connectivity index (χ2v) is 6.68. The fourth-order valence-electron chi connectivity index (χ4n) is 1.78. The van der Waals surface area contributed by atoms with Crippen LogP contribution in [0.3, 0.4) is 0 Å². The average molecular weight is 311 g/mol. The fraction of sp³-hybridized carbons (Fsp3) is 0.400. The number of nitrogens with one attached hydrogen (secondary N) is 1. The van der Waals surface area contributed by atoms with Crippen LogP contribution in [-0.2, 0) is 19.6 Å². The summed E-state index contributed by atoms with van der Waals surface area (Å²) >= 11 is 0. The Bertz CT molecular complexity index is 579. The van der Waals surface area contributed by atoms with Gasteiger partial charge in [-0.05, 0) is 24.0 Å². The SMILES string of the molecule is COC(=O)C(CC(C)C)NS(=O)(=O)/C=C/c1ccccc1. The molecular weight excluding hydrogens is 290 g/mol. The molecule has 0 aliphatic heterocycles. The van der Waals surface area contributed by atoms with Crippen molar-refractivity contribution in [3.8, 4) is 0 Å². The molecule has 6 heteroatoms. The van der Waals surface area contributed by atoms with E-state index in [4.69, 9.17) is 0 Å². The van der Waals surface area contributed by atoms with E-state index >= 15 is 0 Å². The zero-order valence-corrected chi connectivity index (χ0v) is 13.3. The van der Waals surface area contributed by atoms with Crippen molar-refractivity contribution in [1.82, 2.24) is 4.72 Å². The number of hydrogen-bond acceptors (Lipinski definition) is 4. The van der Waals surface area contributed by atoms with E-state index in [0.717, 1.165) is 11.0 Å². The highest BCUT2D eigenvalue weighted by molar-refractivity contribution is 7.92. The molecule has 1 rings (SSSR count). The summed E-state index contributed by atoms with van der Waals surface area (Å²) in [7, 11) is -2.47. The smallest absolute Gasteiger partial charge is 0.323 e. The van der Waals surface area contributed by atoms with Crippen LogP contribution in [0, 0.1) is 5.92 Å². The van der Waals surface area contributed by atoms with Crippen LogP contribution in [0.1, 0.15) is 25.8 Å². The number of esters is 1. The summed E-state index contributed by atoms with van der Waals surface area (Å²) in [4.78, 5) is 11.6. The summed E-state index contributed by atoms with van der Waals surface area (Å²) in [6, 6.07) is 8.18. The first-order valence-electron chi connectivity index (χ1n) is 6.67. The predicted molar refractivity (Wildman–Crippen MR) is 82.8 cm³/mol. The van der Waals surface area contributed by atoms with Crippen LogP contribution in [0.2, 0.25) is 0 Å². The molecule has 116 valence electrons. The van der Waals surface area contributed by atoms with E-state index in [0.29, 0.717) is 6.42 Å². The third kappa shape index (κ3) is 6.55. The minimum absolute atomic E-state index is 0.162. The van der Waals surface area contributed by atoms with Gasteiger partial charge in [-0.25, -0.2) is 8.42 Å². The fourth-order valence-corrected chi connectivity index (χ4v) is 2.78. The van der Waals surface area contributed by atoms with Gasteiger partial charge >= 0.3 is 5.97 Å². The minimum Gasteiger partial charge on any atom is -0.468 e. The third-order valence-corrected chi connectivity index (χ3v) is 3.85. The summed E-state index contributed by atoms with van der Waals surface area (Å²) in [6.45, 7) is 3.81. The van der Waals surface area contributed by atoms with Gasteiger partial charge in [0.15, 0.2) is 0 Å². The first-order valence-corrected chi connectivity index (χ1v) is 8.22. The van der Waals surface area contributed by atoms with Crippen LogP contribution in [-0.4, -0.2) is 27.5 Å². The molecule has 1 aromatic carbocycles. The lowest BCUT2D eigenvalue weighted by Gasteiger charge is -2.17. The van der Waals surface area contributed by atoms with E-state index in [2.05, 4.69) is 9.46 Å². The molecule has 1 atom stereocenters.